The molecule has 29 heavy (non-hydrogen) atoms. The van der Waals surface area contributed by atoms with Gasteiger partial charge in [-0.25, -0.2) is 9.37 Å². The number of hydrogen-bond donors (Lipinski definition) is 1. The lowest BCUT2D eigenvalue weighted by Crippen LogP contribution is -2.64. The number of nitrogens with one attached hydrogen (secondary N) is 1. The maximum atomic E-state index is 13.5. The second-order valence-electron chi connectivity index (χ2n) is 7.55. The van der Waals surface area contributed by atoms with Crippen LogP contribution in [0.15, 0.2) is 52.6 Å². The van der Waals surface area contributed by atoms with Crippen molar-refractivity contribution in [2.75, 3.05) is 7.05 Å². The fourth-order valence-corrected chi connectivity index (χ4v) is 4.15. The highest BCUT2D eigenvalue weighted by atomic mass is 16.2. The minimum Gasteiger partial charge on any atom is -0.270 e. The van der Waals surface area contributed by atoms with E-state index >= 15 is 0 Å². The van der Waals surface area contributed by atoms with Crippen LogP contribution in [0.2, 0.25) is 0 Å². The molecule has 2 aromatic rings. The zero-order valence-electron chi connectivity index (χ0n) is 16.5. The fraction of sp³-hybridized carbons (Fsp3) is 0.286. The van der Waals surface area contributed by atoms with Crippen molar-refractivity contribution in [1.29, 1.82) is 0 Å². The molecule has 8 heteroatoms. The number of amides is 3. The Bertz CT molecular complexity index is 1160. The smallest absolute Gasteiger partial charge is 0.270 e. The van der Waals surface area contributed by atoms with E-state index in [1.807, 2.05) is 60.9 Å². The molecule has 3 amide bonds. The molecule has 146 valence electrons. The molecular weight excluding hydrogens is 368 g/mol. The number of carbonyl (C=O) groups is 2. The average molecular weight is 389 g/mol. The molecule has 1 N–H and O–H groups in total. The number of hydrazone groups is 1. The Hall–Kier alpha value is -3.55. The fourth-order valence-electron chi connectivity index (χ4n) is 4.15. The van der Waals surface area contributed by atoms with Crippen molar-refractivity contribution < 1.29 is 14.2 Å². The topological polar surface area (TPSA) is 80.4 Å². The molecule has 0 spiro atoms. The Morgan fingerprint density at radius 2 is 1.90 bits per heavy atom. The van der Waals surface area contributed by atoms with E-state index in [4.69, 9.17) is 0 Å². The van der Waals surface area contributed by atoms with E-state index in [2.05, 4.69) is 15.5 Å². The summed E-state index contributed by atoms with van der Waals surface area (Å²) in [5.41, 5.74) is 4.69. The predicted molar refractivity (Wildman–Crippen MR) is 110 cm³/mol. The van der Waals surface area contributed by atoms with Crippen LogP contribution in [0.5, 0.6) is 0 Å². The summed E-state index contributed by atoms with van der Waals surface area (Å²) in [7, 11) is 1.66. The molecule has 0 saturated carbocycles. The van der Waals surface area contributed by atoms with Crippen molar-refractivity contribution in [2.24, 2.45) is 10.1 Å². The van der Waals surface area contributed by atoms with Crippen molar-refractivity contribution >= 4 is 40.2 Å². The first kappa shape index (κ1) is 17.5. The number of hydrogen-bond acceptors (Lipinski definition) is 5. The maximum Gasteiger partial charge on any atom is 0.414 e. The summed E-state index contributed by atoms with van der Waals surface area (Å²) in [6.45, 7) is 4.10. The zero-order valence-corrected chi connectivity index (χ0v) is 16.5. The molecule has 0 bridgehead atoms. The van der Waals surface area contributed by atoms with Crippen LogP contribution < -0.4 is 5.43 Å². The first-order chi connectivity index (χ1) is 14.0. The molecule has 1 fully saturated rings. The molecule has 2 atom stereocenters. The van der Waals surface area contributed by atoms with Crippen LogP contribution in [0, 0.1) is 0 Å². The van der Waals surface area contributed by atoms with Gasteiger partial charge in [0.05, 0.1) is 12.3 Å². The third-order valence-corrected chi connectivity index (χ3v) is 5.91. The second kappa shape index (κ2) is 6.23. The summed E-state index contributed by atoms with van der Waals surface area (Å²) in [5.74, 6) is 0.676. The van der Waals surface area contributed by atoms with Gasteiger partial charge in [-0.05, 0) is 30.2 Å². The molecule has 8 nitrogen and oxygen atoms in total. The number of aliphatic imine (C=N–C) groups is 1. The Morgan fingerprint density at radius 3 is 2.72 bits per heavy atom. The lowest BCUT2D eigenvalue weighted by molar-refractivity contribution is -0.555. The molecule has 2 aromatic carbocycles. The van der Waals surface area contributed by atoms with Gasteiger partial charge in [0.25, 0.3) is 5.91 Å². The van der Waals surface area contributed by atoms with Gasteiger partial charge in [-0.1, -0.05) is 47.5 Å². The van der Waals surface area contributed by atoms with Crippen LogP contribution in [0.4, 0.5) is 4.79 Å². The van der Waals surface area contributed by atoms with E-state index in [1.54, 1.807) is 7.05 Å². The Kier molecular flexibility index (Phi) is 3.77. The third kappa shape index (κ3) is 2.48. The lowest BCUT2D eigenvalue weighted by atomic mass is 10.0. The molecule has 5 rings (SSSR count). The number of carbonyl (C=O) groups excluding carboxylic acids is 2. The van der Waals surface area contributed by atoms with E-state index < -0.39 is 6.04 Å². The average Bonchev–Trinajstić information content (AvgIpc) is 3.13. The number of urea groups is 1. The number of likely N-dealkylation sites (N-methyl/N-ethyl adjacent to an activating group) is 1. The number of rotatable bonds is 2. The van der Waals surface area contributed by atoms with E-state index in [1.165, 1.54) is 9.80 Å². The summed E-state index contributed by atoms with van der Waals surface area (Å²) < 4.78 is 1.90. The van der Waals surface area contributed by atoms with Gasteiger partial charge < -0.3 is 0 Å². The molecule has 0 aromatic heterocycles. The Morgan fingerprint density at radius 1 is 1.14 bits per heavy atom. The molecule has 0 aliphatic carbocycles. The van der Waals surface area contributed by atoms with Gasteiger partial charge in [-0.3, -0.25) is 14.6 Å². The first-order valence-electron chi connectivity index (χ1n) is 9.57. The van der Waals surface area contributed by atoms with Crippen molar-refractivity contribution in [1.82, 2.24) is 15.2 Å². The van der Waals surface area contributed by atoms with Gasteiger partial charge in [-0.2, -0.15) is 5.43 Å². The van der Waals surface area contributed by atoms with Gasteiger partial charge in [0.15, 0.2) is 0 Å². The van der Waals surface area contributed by atoms with Gasteiger partial charge in [-0.15, -0.1) is 5.10 Å². The highest BCUT2D eigenvalue weighted by molar-refractivity contribution is 6.23. The summed E-state index contributed by atoms with van der Waals surface area (Å²) in [6, 6.07) is 12.8. The quantitative estimate of drug-likeness (QED) is 0.795. The van der Waals surface area contributed by atoms with Crippen molar-refractivity contribution in [3.8, 4) is 0 Å². The SMILES string of the molecule is CC1=NNC2=[N+](C1C)C1C(=O)N(Cc3cccc4ccccc34)C(=O)N(C)C1=N2. The number of guanidine groups is 1. The highest BCUT2D eigenvalue weighted by Crippen LogP contribution is 2.26. The predicted octanol–water partition coefficient (Wildman–Crippen LogP) is 1.75. The summed E-state index contributed by atoms with van der Waals surface area (Å²) in [5, 5.41) is 6.37. The highest BCUT2D eigenvalue weighted by Gasteiger charge is 2.54. The van der Waals surface area contributed by atoms with Gasteiger partial charge >= 0.3 is 12.0 Å². The van der Waals surface area contributed by atoms with Crippen LogP contribution in [0.3, 0.4) is 0 Å². The van der Waals surface area contributed by atoms with Crippen LogP contribution in [0.1, 0.15) is 19.4 Å². The molecule has 2 unspecified atom stereocenters. The summed E-state index contributed by atoms with van der Waals surface area (Å²) in [6.07, 6.45) is 0. The third-order valence-electron chi connectivity index (χ3n) is 5.91. The van der Waals surface area contributed by atoms with Gasteiger partial charge in [0, 0.05) is 7.05 Å². The second-order valence-corrected chi connectivity index (χ2v) is 7.55. The van der Waals surface area contributed by atoms with Crippen LogP contribution >= 0.6 is 0 Å². The normalized spacial score (nSPS) is 23.7. The van der Waals surface area contributed by atoms with E-state index in [9.17, 15) is 9.59 Å². The molecule has 1 saturated heterocycles. The number of imide groups is 1. The summed E-state index contributed by atoms with van der Waals surface area (Å²) >= 11 is 0. The first-order valence-corrected chi connectivity index (χ1v) is 9.57. The van der Waals surface area contributed by atoms with Gasteiger partial charge in [0.1, 0.15) is 6.04 Å². The monoisotopic (exact) mass is 389 g/mol. The van der Waals surface area contributed by atoms with E-state index in [0.29, 0.717) is 11.8 Å². The summed E-state index contributed by atoms with van der Waals surface area (Å²) in [4.78, 5) is 33.8. The number of fused-ring (bicyclic) bond motifs is 3. The van der Waals surface area contributed by atoms with Gasteiger partial charge in [0.2, 0.25) is 11.9 Å². The van der Waals surface area contributed by atoms with E-state index in [0.717, 1.165) is 22.0 Å². The standard InChI is InChI=1S/C21H20N6O2/c1-12-13(2)27-17-18(22-20(27)24-23-12)25(3)21(29)26(19(17)28)11-15-9-6-8-14-7-4-5-10-16(14)15/h4-10,13,17H,11H2,1-3H3/p+1. The molecule has 0 radical (unpaired) electrons. The van der Waals surface area contributed by atoms with Crippen molar-refractivity contribution in [3.05, 3.63) is 48.0 Å². The lowest BCUT2D eigenvalue weighted by Gasteiger charge is -2.35. The van der Waals surface area contributed by atoms with Crippen LogP contribution in [-0.4, -0.2) is 63.0 Å². The van der Waals surface area contributed by atoms with Crippen molar-refractivity contribution in [2.45, 2.75) is 32.5 Å². The van der Waals surface area contributed by atoms with Crippen molar-refractivity contribution in [3.63, 3.8) is 0 Å². The largest absolute Gasteiger partial charge is 0.414 e. The number of benzene rings is 2. The minimum absolute atomic E-state index is 0.0949. The van der Waals surface area contributed by atoms with E-state index in [-0.39, 0.29) is 24.5 Å². The minimum atomic E-state index is -0.643. The maximum absolute atomic E-state index is 13.5. The number of nitrogens with zero attached hydrogens (tertiary/aromatic N) is 5. The Balaban J connectivity index is 1.54. The van der Waals surface area contributed by atoms with Crippen LogP contribution in [-0.2, 0) is 11.3 Å². The number of amidine groups is 1. The molecular formula is C21H21N6O2+. The molecule has 3 heterocycles. The molecule has 3 aliphatic rings. The van der Waals surface area contributed by atoms with Crippen LogP contribution in [0.25, 0.3) is 10.8 Å². The molecule has 3 aliphatic heterocycles. The zero-order chi connectivity index (χ0) is 20.3. The Labute approximate surface area is 167 Å².